The van der Waals surface area contributed by atoms with E-state index < -0.39 is 0 Å². The summed E-state index contributed by atoms with van der Waals surface area (Å²) in [5.74, 6) is 0.00765. The number of methoxy groups -OCH3 is 1. The van der Waals surface area contributed by atoms with Gasteiger partial charge in [-0.15, -0.1) is 0 Å². The highest BCUT2D eigenvalue weighted by Crippen LogP contribution is 2.52. The standard InChI is InChI=1S/C28H33N5O3/c1-19-18-20(2)33(31-19)15-10-24(34)32-16-11-28(12-17-32)23-7-5-4-6-22(23)25(26(28)36-3)30-27(35)21-8-13-29-14-9-21/h4-9,13-14,18,25-26H,10-12,15-17H2,1-3H3,(H,30,35)/t25-,26+/m1/s1. The highest BCUT2D eigenvalue weighted by atomic mass is 16.5. The molecule has 2 aliphatic rings. The van der Waals surface area contributed by atoms with Crippen LogP contribution in [0.4, 0.5) is 0 Å². The highest BCUT2D eigenvalue weighted by Gasteiger charge is 2.54. The van der Waals surface area contributed by atoms with Gasteiger partial charge in [-0.2, -0.15) is 5.10 Å². The van der Waals surface area contributed by atoms with Crippen molar-refractivity contribution in [1.29, 1.82) is 0 Å². The maximum atomic E-state index is 13.0. The molecule has 1 aromatic carbocycles. The zero-order chi connectivity index (χ0) is 25.3. The molecule has 2 atom stereocenters. The summed E-state index contributed by atoms with van der Waals surface area (Å²) >= 11 is 0. The quantitative estimate of drug-likeness (QED) is 0.576. The fourth-order valence-electron chi connectivity index (χ4n) is 6.07. The molecule has 1 N–H and O–H groups in total. The van der Waals surface area contributed by atoms with Crippen molar-refractivity contribution < 1.29 is 14.3 Å². The molecule has 0 radical (unpaired) electrons. The second-order valence-corrected chi connectivity index (χ2v) is 9.87. The third kappa shape index (κ3) is 4.30. The molecule has 8 heteroatoms. The minimum atomic E-state index is -0.264. The number of pyridine rings is 1. The molecule has 0 saturated carbocycles. The summed E-state index contributed by atoms with van der Waals surface area (Å²) in [7, 11) is 1.72. The smallest absolute Gasteiger partial charge is 0.251 e. The molecule has 0 unspecified atom stereocenters. The van der Waals surface area contributed by atoms with Gasteiger partial charge in [-0.1, -0.05) is 24.3 Å². The van der Waals surface area contributed by atoms with Crippen LogP contribution in [-0.4, -0.2) is 57.8 Å². The van der Waals surface area contributed by atoms with Crippen molar-refractivity contribution >= 4 is 11.8 Å². The Kier molecular flexibility index (Phi) is 6.62. The van der Waals surface area contributed by atoms with Crippen molar-refractivity contribution in [3.05, 3.63) is 82.9 Å². The van der Waals surface area contributed by atoms with Gasteiger partial charge in [0, 0.05) is 62.2 Å². The molecule has 8 nitrogen and oxygen atoms in total. The van der Waals surface area contributed by atoms with Crippen LogP contribution in [0.25, 0.3) is 0 Å². The Morgan fingerprint density at radius 3 is 2.50 bits per heavy atom. The number of hydrogen-bond donors (Lipinski definition) is 1. The van der Waals surface area contributed by atoms with E-state index in [9.17, 15) is 9.59 Å². The molecule has 3 heterocycles. The summed E-state index contributed by atoms with van der Waals surface area (Å²) in [5.41, 5.74) is 4.66. The lowest BCUT2D eigenvalue weighted by atomic mass is 9.71. The SMILES string of the molecule is CO[C@H]1[C@H](NC(=O)c2ccncc2)c2ccccc2C12CCN(C(=O)CCn1nc(C)cc1C)CC2. The van der Waals surface area contributed by atoms with Crippen LogP contribution in [0.5, 0.6) is 0 Å². The zero-order valence-corrected chi connectivity index (χ0v) is 21.1. The Labute approximate surface area is 211 Å². The summed E-state index contributed by atoms with van der Waals surface area (Å²) < 4.78 is 8.02. The molecule has 1 saturated heterocycles. The topological polar surface area (TPSA) is 89.4 Å². The maximum absolute atomic E-state index is 13.0. The van der Waals surface area contributed by atoms with Gasteiger partial charge in [-0.25, -0.2) is 0 Å². The number of aryl methyl sites for hydroxylation is 3. The van der Waals surface area contributed by atoms with Crippen LogP contribution in [-0.2, 0) is 21.5 Å². The lowest BCUT2D eigenvalue weighted by Gasteiger charge is -2.44. The average molecular weight is 488 g/mol. The molecular weight excluding hydrogens is 454 g/mol. The highest BCUT2D eigenvalue weighted by molar-refractivity contribution is 5.94. The fraction of sp³-hybridized carbons (Fsp3) is 0.429. The number of carbonyl (C=O) groups is 2. The number of fused-ring (bicyclic) bond motifs is 2. The third-order valence-corrected chi connectivity index (χ3v) is 7.81. The van der Waals surface area contributed by atoms with Crippen molar-refractivity contribution in [2.75, 3.05) is 20.2 Å². The Hall–Kier alpha value is -3.52. The summed E-state index contributed by atoms with van der Waals surface area (Å²) in [6.07, 6.45) is 5.03. The molecule has 1 fully saturated rings. The zero-order valence-electron chi connectivity index (χ0n) is 21.1. The van der Waals surface area contributed by atoms with Crippen molar-refractivity contribution in [2.45, 2.75) is 57.2 Å². The van der Waals surface area contributed by atoms with Gasteiger partial charge in [0.05, 0.1) is 17.8 Å². The molecule has 3 aromatic rings. The van der Waals surface area contributed by atoms with Crippen molar-refractivity contribution in [3.8, 4) is 0 Å². The van der Waals surface area contributed by atoms with E-state index in [2.05, 4.69) is 27.5 Å². The first-order valence-electron chi connectivity index (χ1n) is 12.5. The van der Waals surface area contributed by atoms with Crippen LogP contribution >= 0.6 is 0 Å². The second-order valence-electron chi connectivity index (χ2n) is 9.87. The summed E-state index contributed by atoms with van der Waals surface area (Å²) in [6, 6.07) is 13.5. The molecule has 188 valence electrons. The number of ether oxygens (including phenoxy) is 1. The summed E-state index contributed by atoms with van der Waals surface area (Å²) in [4.78, 5) is 32.1. The van der Waals surface area contributed by atoms with E-state index in [0.29, 0.717) is 31.6 Å². The first kappa shape index (κ1) is 24.2. The van der Waals surface area contributed by atoms with E-state index in [1.54, 1.807) is 31.6 Å². The number of piperidine rings is 1. The van der Waals surface area contributed by atoms with Gasteiger partial charge in [0.25, 0.3) is 5.91 Å². The average Bonchev–Trinajstić information content (AvgIpc) is 3.36. The Bertz CT molecular complexity index is 1250. The number of likely N-dealkylation sites (tertiary alicyclic amines) is 1. The monoisotopic (exact) mass is 487 g/mol. The van der Waals surface area contributed by atoms with Gasteiger partial charge in [-0.3, -0.25) is 19.3 Å². The lowest BCUT2D eigenvalue weighted by Crippen LogP contribution is -2.51. The van der Waals surface area contributed by atoms with Crippen LogP contribution in [0.15, 0.2) is 54.9 Å². The minimum absolute atomic E-state index is 0.145. The largest absolute Gasteiger partial charge is 0.378 e. The normalized spacial score (nSPS) is 20.4. The van der Waals surface area contributed by atoms with Crippen molar-refractivity contribution in [1.82, 2.24) is 25.0 Å². The molecule has 0 bridgehead atoms. The number of aromatic nitrogens is 3. The number of hydrogen-bond acceptors (Lipinski definition) is 5. The van der Waals surface area contributed by atoms with E-state index in [0.717, 1.165) is 29.8 Å². The fourth-order valence-corrected chi connectivity index (χ4v) is 6.07. The van der Waals surface area contributed by atoms with Gasteiger partial charge in [0.2, 0.25) is 5.91 Å². The van der Waals surface area contributed by atoms with Crippen molar-refractivity contribution in [2.24, 2.45) is 0 Å². The van der Waals surface area contributed by atoms with Crippen LogP contribution in [0.1, 0.15) is 58.2 Å². The molecule has 2 amide bonds. The lowest BCUT2D eigenvalue weighted by molar-refractivity contribution is -0.134. The predicted molar refractivity (Wildman–Crippen MR) is 135 cm³/mol. The van der Waals surface area contributed by atoms with E-state index in [1.165, 1.54) is 5.56 Å². The maximum Gasteiger partial charge on any atom is 0.251 e. The van der Waals surface area contributed by atoms with Gasteiger partial charge < -0.3 is 15.0 Å². The number of nitrogens with zero attached hydrogens (tertiary/aromatic N) is 4. The number of nitrogens with one attached hydrogen (secondary N) is 1. The molecule has 2 aromatic heterocycles. The van der Waals surface area contributed by atoms with E-state index in [1.807, 2.05) is 41.6 Å². The second kappa shape index (κ2) is 9.85. The Morgan fingerprint density at radius 2 is 1.83 bits per heavy atom. The molecule has 36 heavy (non-hydrogen) atoms. The van der Waals surface area contributed by atoms with Crippen LogP contribution < -0.4 is 5.32 Å². The predicted octanol–water partition coefficient (Wildman–Crippen LogP) is 3.35. The van der Waals surface area contributed by atoms with Crippen LogP contribution in [0.2, 0.25) is 0 Å². The summed E-state index contributed by atoms with van der Waals surface area (Å²) in [5, 5.41) is 7.70. The Morgan fingerprint density at radius 1 is 1.11 bits per heavy atom. The van der Waals surface area contributed by atoms with E-state index >= 15 is 0 Å². The molecule has 1 aliphatic carbocycles. The number of rotatable bonds is 6. The van der Waals surface area contributed by atoms with Crippen LogP contribution in [0, 0.1) is 13.8 Å². The molecule has 1 spiro atoms. The third-order valence-electron chi connectivity index (χ3n) is 7.81. The van der Waals surface area contributed by atoms with Crippen LogP contribution in [0.3, 0.4) is 0 Å². The summed E-state index contributed by atoms with van der Waals surface area (Å²) in [6.45, 7) is 5.90. The van der Waals surface area contributed by atoms with E-state index in [-0.39, 0.29) is 29.4 Å². The van der Waals surface area contributed by atoms with Gasteiger partial charge in [-0.05, 0) is 56.0 Å². The number of benzene rings is 1. The van der Waals surface area contributed by atoms with Gasteiger partial charge in [0.1, 0.15) is 0 Å². The molecular formula is C28H33N5O3. The Balaban J connectivity index is 1.31. The van der Waals surface area contributed by atoms with Crippen molar-refractivity contribution in [3.63, 3.8) is 0 Å². The first-order valence-corrected chi connectivity index (χ1v) is 12.5. The van der Waals surface area contributed by atoms with Gasteiger partial charge >= 0.3 is 0 Å². The number of amides is 2. The van der Waals surface area contributed by atoms with E-state index in [4.69, 9.17) is 4.74 Å². The van der Waals surface area contributed by atoms with Gasteiger partial charge in [0.15, 0.2) is 0 Å². The number of carbonyl (C=O) groups excluding carboxylic acids is 2. The first-order chi connectivity index (χ1) is 17.4. The minimum Gasteiger partial charge on any atom is -0.378 e. The molecule has 5 rings (SSSR count). The molecule has 1 aliphatic heterocycles.